The van der Waals surface area contributed by atoms with Crippen LogP contribution in [0.5, 0.6) is 0 Å². The molecule has 1 aliphatic rings. The van der Waals surface area contributed by atoms with E-state index in [2.05, 4.69) is 15.9 Å². The Morgan fingerprint density at radius 2 is 2.00 bits per heavy atom. The van der Waals surface area contributed by atoms with Gasteiger partial charge >= 0.3 is 4.83 Å². The third-order valence-corrected chi connectivity index (χ3v) is 3.30. The number of aliphatic hydroxyl groups is 1. The summed E-state index contributed by atoms with van der Waals surface area (Å²) in [5, 5.41) is 9.68. The summed E-state index contributed by atoms with van der Waals surface area (Å²) in [7, 11) is 1.87. The number of halogens is 3. The van der Waals surface area contributed by atoms with E-state index >= 15 is 0 Å². The molecule has 0 saturated carbocycles. The summed E-state index contributed by atoms with van der Waals surface area (Å²) in [6.45, 7) is 1.28. The molecule has 1 unspecified atom stereocenters. The van der Waals surface area contributed by atoms with Crippen molar-refractivity contribution in [1.29, 1.82) is 0 Å². The normalized spacial score (nSPS) is 33.0. The molecule has 78 valence electrons. The van der Waals surface area contributed by atoms with Crippen molar-refractivity contribution in [3.05, 3.63) is 0 Å². The molecule has 1 saturated heterocycles. The van der Waals surface area contributed by atoms with Crippen LogP contribution in [0.2, 0.25) is 0 Å². The van der Waals surface area contributed by atoms with Crippen molar-refractivity contribution in [2.24, 2.45) is 0 Å². The molecule has 2 nitrogen and oxygen atoms in total. The highest BCUT2D eigenvalue weighted by Gasteiger charge is 2.50. The maximum atomic E-state index is 12.9. The Bertz CT molecular complexity index is 185. The van der Waals surface area contributed by atoms with Crippen molar-refractivity contribution < 1.29 is 13.9 Å². The van der Waals surface area contributed by atoms with E-state index in [1.807, 2.05) is 11.9 Å². The first-order valence-corrected chi connectivity index (χ1v) is 5.12. The summed E-state index contributed by atoms with van der Waals surface area (Å²) in [5.74, 6) is 0. The zero-order valence-electron chi connectivity index (χ0n) is 7.56. The van der Waals surface area contributed by atoms with Crippen LogP contribution in [0, 0.1) is 0 Å². The van der Waals surface area contributed by atoms with Crippen LogP contribution in [0.3, 0.4) is 0 Å². The molecule has 0 spiro atoms. The second-order valence-corrected chi connectivity index (χ2v) is 4.68. The average Bonchev–Trinajstić information content (AvgIpc) is 2.13. The van der Waals surface area contributed by atoms with Crippen LogP contribution in [-0.2, 0) is 0 Å². The molecule has 0 aromatic rings. The van der Waals surface area contributed by atoms with Gasteiger partial charge in [-0.15, -0.1) is 0 Å². The zero-order valence-corrected chi connectivity index (χ0v) is 9.15. The monoisotopic (exact) mass is 257 g/mol. The molecule has 0 aromatic heterocycles. The van der Waals surface area contributed by atoms with E-state index in [0.717, 1.165) is 6.54 Å². The Hall–Kier alpha value is 0.260. The molecular weight excluding hydrogens is 244 g/mol. The predicted octanol–water partition coefficient (Wildman–Crippen LogP) is 1.82. The van der Waals surface area contributed by atoms with E-state index in [1.165, 1.54) is 0 Å². The molecule has 1 rings (SSSR count). The van der Waals surface area contributed by atoms with Crippen LogP contribution in [0.4, 0.5) is 8.78 Å². The number of nitrogens with zero attached hydrogens (tertiary/aromatic N) is 1. The molecule has 1 N–H and O–H groups in total. The Balaban J connectivity index is 2.68. The highest BCUT2D eigenvalue weighted by Crippen LogP contribution is 2.41. The van der Waals surface area contributed by atoms with E-state index in [4.69, 9.17) is 0 Å². The molecule has 1 atom stereocenters. The van der Waals surface area contributed by atoms with Crippen molar-refractivity contribution in [2.45, 2.75) is 29.7 Å². The van der Waals surface area contributed by atoms with Crippen LogP contribution >= 0.6 is 15.9 Å². The molecule has 0 bridgehead atoms. The Morgan fingerprint density at radius 1 is 1.38 bits per heavy atom. The first kappa shape index (κ1) is 11.3. The third-order valence-electron chi connectivity index (χ3n) is 2.56. The first-order valence-electron chi connectivity index (χ1n) is 4.33. The molecule has 1 fully saturated rings. The molecule has 0 radical (unpaired) electrons. The lowest BCUT2D eigenvalue weighted by Gasteiger charge is -2.30. The van der Waals surface area contributed by atoms with Gasteiger partial charge < -0.3 is 10.0 Å². The lowest BCUT2D eigenvalue weighted by molar-refractivity contribution is -0.122. The van der Waals surface area contributed by atoms with Gasteiger partial charge in [-0.1, -0.05) is 0 Å². The molecular formula is C8H14BrF2NO. The third kappa shape index (κ3) is 2.60. The van der Waals surface area contributed by atoms with Gasteiger partial charge in [0.15, 0.2) is 0 Å². The van der Waals surface area contributed by atoms with Crippen molar-refractivity contribution in [2.75, 3.05) is 20.1 Å². The van der Waals surface area contributed by atoms with E-state index < -0.39 is 10.4 Å². The standard InChI is InChI=1S/C8H14BrF2NO/c1-12-5-2-3-7(13,4-6-12)8(9,10)11/h13H,2-6H2,1H3. The van der Waals surface area contributed by atoms with E-state index in [1.54, 1.807) is 0 Å². The van der Waals surface area contributed by atoms with Gasteiger partial charge in [-0.2, -0.15) is 8.78 Å². The number of likely N-dealkylation sites (tertiary alicyclic amines) is 1. The lowest BCUT2D eigenvalue weighted by Crippen LogP contribution is -2.44. The minimum atomic E-state index is -3.18. The minimum Gasteiger partial charge on any atom is -0.383 e. The van der Waals surface area contributed by atoms with Crippen molar-refractivity contribution >= 4 is 15.9 Å². The van der Waals surface area contributed by atoms with Gasteiger partial charge in [0.1, 0.15) is 5.60 Å². The maximum Gasteiger partial charge on any atom is 0.329 e. The average molecular weight is 258 g/mol. The number of alkyl halides is 3. The highest BCUT2D eigenvalue weighted by atomic mass is 79.9. The molecule has 1 heterocycles. The number of hydrogen-bond acceptors (Lipinski definition) is 2. The minimum absolute atomic E-state index is 0.113. The highest BCUT2D eigenvalue weighted by molar-refractivity contribution is 9.10. The van der Waals surface area contributed by atoms with E-state index in [0.29, 0.717) is 13.0 Å². The molecule has 5 heteroatoms. The quantitative estimate of drug-likeness (QED) is 0.725. The molecule has 1 aliphatic heterocycles. The van der Waals surface area contributed by atoms with Crippen LogP contribution < -0.4 is 0 Å². The molecule has 13 heavy (non-hydrogen) atoms. The second-order valence-electron chi connectivity index (χ2n) is 3.69. The summed E-state index contributed by atoms with van der Waals surface area (Å²) in [6, 6.07) is 0. The topological polar surface area (TPSA) is 23.5 Å². The lowest BCUT2D eigenvalue weighted by atomic mass is 9.95. The van der Waals surface area contributed by atoms with Crippen molar-refractivity contribution in [3.63, 3.8) is 0 Å². The van der Waals surface area contributed by atoms with Crippen LogP contribution in [-0.4, -0.2) is 40.6 Å². The smallest absolute Gasteiger partial charge is 0.329 e. The fourth-order valence-electron chi connectivity index (χ4n) is 1.54. The number of hydrogen-bond donors (Lipinski definition) is 1. The van der Waals surface area contributed by atoms with Gasteiger partial charge in [0.25, 0.3) is 0 Å². The van der Waals surface area contributed by atoms with Crippen molar-refractivity contribution in [1.82, 2.24) is 4.90 Å². The van der Waals surface area contributed by atoms with E-state index in [9.17, 15) is 13.9 Å². The maximum absolute atomic E-state index is 12.9. The van der Waals surface area contributed by atoms with Gasteiger partial charge in [0.05, 0.1) is 0 Å². The SMILES string of the molecule is CN1CCCC(O)(C(F)(F)Br)CC1. The predicted molar refractivity (Wildman–Crippen MR) is 50.2 cm³/mol. The Labute approximate surface area is 85.0 Å². The molecule has 0 aromatic carbocycles. The molecule has 0 aliphatic carbocycles. The summed E-state index contributed by atoms with van der Waals surface area (Å²) >= 11 is 2.25. The van der Waals surface area contributed by atoms with Crippen LogP contribution in [0.1, 0.15) is 19.3 Å². The summed E-state index contributed by atoms with van der Waals surface area (Å²) in [5.41, 5.74) is -1.88. The summed E-state index contributed by atoms with van der Waals surface area (Å²) < 4.78 is 25.9. The van der Waals surface area contributed by atoms with Gasteiger partial charge in [-0.05, 0) is 48.8 Å². The Morgan fingerprint density at radius 3 is 2.54 bits per heavy atom. The van der Waals surface area contributed by atoms with Crippen LogP contribution in [0.25, 0.3) is 0 Å². The van der Waals surface area contributed by atoms with Gasteiger partial charge in [0, 0.05) is 6.54 Å². The van der Waals surface area contributed by atoms with Gasteiger partial charge in [-0.3, -0.25) is 0 Å². The van der Waals surface area contributed by atoms with Gasteiger partial charge in [0.2, 0.25) is 0 Å². The first-order chi connectivity index (χ1) is 5.85. The van der Waals surface area contributed by atoms with Crippen LogP contribution in [0.15, 0.2) is 0 Å². The zero-order chi connectivity index (χ0) is 10.1. The van der Waals surface area contributed by atoms with Gasteiger partial charge in [-0.25, -0.2) is 0 Å². The summed E-state index contributed by atoms with van der Waals surface area (Å²) in [4.78, 5) is -1.22. The fourth-order valence-corrected chi connectivity index (χ4v) is 1.93. The largest absolute Gasteiger partial charge is 0.383 e. The van der Waals surface area contributed by atoms with E-state index in [-0.39, 0.29) is 12.8 Å². The summed E-state index contributed by atoms with van der Waals surface area (Å²) in [6.07, 6.45) is 0.867. The molecule has 0 amide bonds. The Kier molecular flexibility index (Phi) is 3.30. The fraction of sp³-hybridized carbons (Fsp3) is 1.00. The second kappa shape index (κ2) is 3.79. The van der Waals surface area contributed by atoms with Crippen molar-refractivity contribution in [3.8, 4) is 0 Å². The number of rotatable bonds is 1.